The van der Waals surface area contributed by atoms with Crippen LogP contribution in [0.4, 0.5) is 0 Å². The first-order valence-electron chi connectivity index (χ1n) is 5.60. The van der Waals surface area contributed by atoms with E-state index in [0.717, 1.165) is 11.3 Å². The minimum Gasteiger partial charge on any atom is -0.269 e. The van der Waals surface area contributed by atoms with Gasteiger partial charge in [-0.05, 0) is 29.1 Å². The van der Waals surface area contributed by atoms with Gasteiger partial charge in [0.05, 0.1) is 15.9 Å². The van der Waals surface area contributed by atoms with Crippen LogP contribution in [-0.4, -0.2) is 15.1 Å². The molecule has 18 heavy (non-hydrogen) atoms. The number of rotatable bonds is 2. The Balaban J connectivity index is 2.07. The number of benzene rings is 2. The summed E-state index contributed by atoms with van der Waals surface area (Å²) in [7, 11) is 0. The third-order valence-electron chi connectivity index (χ3n) is 2.61. The third kappa shape index (κ3) is 1.82. The SMILES string of the molecule is N[n+]1nn(-c2ccccc2)nc1-c1ccccc1. The van der Waals surface area contributed by atoms with Gasteiger partial charge in [-0.25, -0.2) is 0 Å². The molecular weight excluding hydrogens is 226 g/mol. The lowest BCUT2D eigenvalue weighted by Gasteiger charge is -1.89. The number of hydrogen-bond acceptors (Lipinski definition) is 3. The van der Waals surface area contributed by atoms with E-state index in [1.54, 1.807) is 0 Å². The Morgan fingerprint density at radius 1 is 0.889 bits per heavy atom. The molecule has 2 N–H and O–H groups in total. The van der Waals surface area contributed by atoms with Gasteiger partial charge in [-0.2, -0.15) is 0 Å². The first kappa shape index (κ1) is 10.5. The molecule has 0 unspecified atom stereocenters. The predicted octanol–water partition coefficient (Wildman–Crippen LogP) is 0.936. The molecule has 0 bridgehead atoms. The Bertz CT molecular complexity index is 646. The van der Waals surface area contributed by atoms with Crippen LogP contribution in [0.5, 0.6) is 0 Å². The first-order valence-corrected chi connectivity index (χ1v) is 5.60. The summed E-state index contributed by atoms with van der Waals surface area (Å²) in [6, 6.07) is 19.4. The molecule has 3 aromatic rings. The second-order valence-corrected chi connectivity index (χ2v) is 3.85. The van der Waals surface area contributed by atoms with Gasteiger partial charge in [-0.1, -0.05) is 36.4 Å². The van der Waals surface area contributed by atoms with Gasteiger partial charge in [0.25, 0.3) is 0 Å². The molecule has 0 saturated carbocycles. The summed E-state index contributed by atoms with van der Waals surface area (Å²) >= 11 is 0. The summed E-state index contributed by atoms with van der Waals surface area (Å²) in [5, 5.41) is 8.55. The molecule has 88 valence electrons. The van der Waals surface area contributed by atoms with Crippen LogP contribution >= 0.6 is 0 Å². The number of aromatic nitrogens is 4. The molecule has 5 nitrogen and oxygen atoms in total. The van der Waals surface area contributed by atoms with Crippen molar-refractivity contribution in [2.45, 2.75) is 0 Å². The lowest BCUT2D eigenvalue weighted by atomic mass is 10.2. The van der Waals surface area contributed by atoms with Gasteiger partial charge in [-0.15, -0.1) is 0 Å². The Hall–Kier alpha value is -2.69. The zero-order valence-corrected chi connectivity index (χ0v) is 9.64. The molecule has 0 fully saturated rings. The summed E-state index contributed by atoms with van der Waals surface area (Å²) < 4.78 is 0. The highest BCUT2D eigenvalue weighted by Gasteiger charge is 2.19. The van der Waals surface area contributed by atoms with E-state index in [1.807, 2.05) is 60.7 Å². The van der Waals surface area contributed by atoms with E-state index < -0.39 is 0 Å². The van der Waals surface area contributed by atoms with E-state index in [0.29, 0.717) is 5.82 Å². The smallest absolute Gasteiger partial charge is 0.269 e. The third-order valence-corrected chi connectivity index (χ3v) is 2.61. The summed E-state index contributed by atoms with van der Waals surface area (Å²) in [5.74, 6) is 6.46. The number of nitrogens with two attached hydrogens (primary N) is 1. The Kier molecular flexibility index (Phi) is 2.49. The number of para-hydroxylation sites is 1. The van der Waals surface area contributed by atoms with Gasteiger partial charge in [0.15, 0.2) is 5.69 Å². The lowest BCUT2D eigenvalue weighted by Crippen LogP contribution is -2.48. The largest absolute Gasteiger partial charge is 0.352 e. The van der Waals surface area contributed by atoms with Crippen LogP contribution in [0.3, 0.4) is 0 Å². The zero-order valence-electron chi connectivity index (χ0n) is 9.64. The highest BCUT2D eigenvalue weighted by molar-refractivity contribution is 5.50. The van der Waals surface area contributed by atoms with Crippen LogP contribution in [0.1, 0.15) is 0 Å². The monoisotopic (exact) mass is 238 g/mol. The van der Waals surface area contributed by atoms with Gasteiger partial charge in [0, 0.05) is 4.80 Å². The molecular formula is C13H12N5+. The van der Waals surface area contributed by atoms with Crippen molar-refractivity contribution in [2.24, 2.45) is 0 Å². The summed E-state index contributed by atoms with van der Waals surface area (Å²) in [6.45, 7) is 0. The topological polar surface area (TPSA) is 60.6 Å². The number of tetrazole rings is 1. The molecule has 0 radical (unpaired) electrons. The fraction of sp³-hybridized carbons (Fsp3) is 0. The molecule has 0 atom stereocenters. The average molecular weight is 238 g/mol. The second-order valence-electron chi connectivity index (χ2n) is 3.85. The summed E-state index contributed by atoms with van der Waals surface area (Å²) in [6.07, 6.45) is 0. The standard InChI is InChI=1S/C13H12N5/c14-17-13(11-7-3-1-4-8-11)15-18(16-17)12-9-5-2-6-10-12/h1-10H,(H2,14,16)/q+1. The minimum atomic E-state index is 0.624. The maximum Gasteiger partial charge on any atom is 0.352 e. The molecule has 1 heterocycles. The van der Waals surface area contributed by atoms with Crippen molar-refractivity contribution in [1.82, 2.24) is 15.1 Å². The molecule has 2 aromatic carbocycles. The average Bonchev–Trinajstić information content (AvgIpc) is 2.83. The van der Waals surface area contributed by atoms with Crippen LogP contribution in [0.25, 0.3) is 17.1 Å². The number of nitrogen functional groups attached to an aromatic ring is 1. The van der Waals surface area contributed by atoms with Crippen LogP contribution in [-0.2, 0) is 0 Å². The highest BCUT2D eigenvalue weighted by Crippen LogP contribution is 2.11. The fourth-order valence-corrected chi connectivity index (χ4v) is 1.74. The number of nitrogens with zero attached hydrogens (tertiary/aromatic N) is 4. The molecule has 3 rings (SSSR count). The Morgan fingerprint density at radius 2 is 1.50 bits per heavy atom. The summed E-state index contributed by atoms with van der Waals surface area (Å²) in [4.78, 5) is 2.80. The molecule has 0 aliphatic carbocycles. The normalized spacial score (nSPS) is 10.4. The van der Waals surface area contributed by atoms with E-state index in [9.17, 15) is 0 Å². The quantitative estimate of drug-likeness (QED) is 0.534. The number of hydrogen-bond donors (Lipinski definition) is 1. The maximum absolute atomic E-state index is 5.83. The van der Waals surface area contributed by atoms with E-state index in [2.05, 4.69) is 10.3 Å². The molecule has 0 saturated heterocycles. The van der Waals surface area contributed by atoms with Crippen molar-refractivity contribution in [3.8, 4) is 17.1 Å². The van der Waals surface area contributed by atoms with Crippen LogP contribution in [0.2, 0.25) is 0 Å². The fourth-order valence-electron chi connectivity index (χ4n) is 1.74. The molecule has 0 aliphatic heterocycles. The molecule has 0 aliphatic rings. The van der Waals surface area contributed by atoms with E-state index in [4.69, 9.17) is 5.84 Å². The maximum atomic E-state index is 5.83. The molecule has 0 amide bonds. The van der Waals surface area contributed by atoms with Crippen LogP contribution in [0.15, 0.2) is 60.7 Å². The zero-order chi connectivity index (χ0) is 12.4. The molecule has 5 heteroatoms. The van der Waals surface area contributed by atoms with Gasteiger partial charge < -0.3 is 0 Å². The van der Waals surface area contributed by atoms with Gasteiger partial charge >= 0.3 is 5.82 Å². The van der Waals surface area contributed by atoms with E-state index >= 15 is 0 Å². The molecule has 1 aromatic heterocycles. The second kappa shape index (κ2) is 4.29. The summed E-state index contributed by atoms with van der Waals surface area (Å²) in [5.41, 5.74) is 1.81. The van der Waals surface area contributed by atoms with Crippen molar-refractivity contribution >= 4 is 0 Å². The van der Waals surface area contributed by atoms with Crippen molar-refractivity contribution in [3.05, 3.63) is 60.7 Å². The Morgan fingerprint density at radius 3 is 2.17 bits per heavy atom. The van der Waals surface area contributed by atoms with E-state index in [1.165, 1.54) is 9.59 Å². The highest BCUT2D eigenvalue weighted by atomic mass is 15.7. The van der Waals surface area contributed by atoms with Gasteiger partial charge in [0.2, 0.25) is 0 Å². The van der Waals surface area contributed by atoms with Crippen LogP contribution in [0, 0.1) is 0 Å². The Labute approximate surface area is 104 Å². The predicted molar refractivity (Wildman–Crippen MR) is 67.1 cm³/mol. The van der Waals surface area contributed by atoms with Crippen molar-refractivity contribution < 1.29 is 4.79 Å². The van der Waals surface area contributed by atoms with Gasteiger partial charge in [0.1, 0.15) is 0 Å². The van der Waals surface area contributed by atoms with Crippen molar-refractivity contribution in [3.63, 3.8) is 0 Å². The van der Waals surface area contributed by atoms with E-state index in [-0.39, 0.29) is 0 Å². The lowest BCUT2D eigenvalue weighted by molar-refractivity contribution is -0.691. The van der Waals surface area contributed by atoms with Crippen molar-refractivity contribution in [1.29, 1.82) is 0 Å². The van der Waals surface area contributed by atoms with Crippen LogP contribution < -0.4 is 10.6 Å². The van der Waals surface area contributed by atoms with Crippen molar-refractivity contribution in [2.75, 3.05) is 5.84 Å². The molecule has 0 spiro atoms. The first-order chi connectivity index (χ1) is 8.84. The van der Waals surface area contributed by atoms with Gasteiger partial charge in [-0.3, -0.25) is 5.84 Å². The minimum absolute atomic E-state index is 0.624.